The first kappa shape index (κ1) is 15.3. The maximum Gasteiger partial charge on any atom is 0.326 e. The van der Waals surface area contributed by atoms with Crippen molar-refractivity contribution in [3.8, 4) is 0 Å². The summed E-state index contributed by atoms with van der Waals surface area (Å²) >= 11 is 0. The van der Waals surface area contributed by atoms with Crippen LogP contribution in [0, 0.1) is 0 Å². The molecule has 2 amide bonds. The molecule has 5 N–H and O–H groups in total. The molecule has 6 nitrogen and oxygen atoms in total. The molecular weight excluding hydrogens is 266 g/mol. The normalized spacial score (nSPS) is 11.2. The Bertz CT molecular complexity index is 555. The van der Waals surface area contributed by atoms with Gasteiger partial charge < -0.3 is 11.5 Å². The summed E-state index contributed by atoms with van der Waals surface area (Å²) in [6.45, 7) is 2.06. The second-order valence-corrected chi connectivity index (χ2v) is 5.94. The van der Waals surface area contributed by atoms with E-state index in [9.17, 15) is 13.2 Å². The van der Waals surface area contributed by atoms with E-state index >= 15 is 0 Å². The number of nitrogens with two attached hydrogens (primary N) is 2. The number of nitrogen functional groups attached to an aromatic ring is 1. The van der Waals surface area contributed by atoms with E-state index in [0.717, 1.165) is 19.3 Å². The number of carbonyl (C=O) groups is 1. The van der Waals surface area contributed by atoms with Crippen molar-refractivity contribution in [3.63, 3.8) is 0 Å². The van der Waals surface area contributed by atoms with Gasteiger partial charge in [-0.15, -0.1) is 0 Å². The number of rotatable bonds is 6. The van der Waals surface area contributed by atoms with E-state index in [0.29, 0.717) is 17.7 Å². The van der Waals surface area contributed by atoms with Crippen LogP contribution in [0.1, 0.15) is 31.7 Å². The van der Waals surface area contributed by atoms with Gasteiger partial charge in [0.2, 0.25) is 0 Å². The van der Waals surface area contributed by atoms with Gasteiger partial charge in [0, 0.05) is 5.69 Å². The van der Waals surface area contributed by atoms with Gasteiger partial charge in [-0.05, 0) is 36.6 Å². The molecule has 0 radical (unpaired) electrons. The van der Waals surface area contributed by atoms with Gasteiger partial charge in [0.15, 0.2) is 0 Å². The molecule has 0 unspecified atom stereocenters. The Balaban J connectivity index is 3.08. The second kappa shape index (κ2) is 6.42. The number of aryl methyl sites for hydroxylation is 1. The standard InChI is InChI=1S/C12H19N3O3S/c1-2-3-4-5-9-8-10(13)6-7-11(9)19(17,18)15-12(14)16/h6-8H,2-5,13H2,1H3,(H3,14,15,16). The summed E-state index contributed by atoms with van der Waals surface area (Å²) in [5.74, 6) is 0. The van der Waals surface area contributed by atoms with Crippen LogP contribution in [0.5, 0.6) is 0 Å². The van der Waals surface area contributed by atoms with E-state index in [1.807, 2.05) is 0 Å². The van der Waals surface area contributed by atoms with Gasteiger partial charge in [-0.2, -0.15) is 0 Å². The maximum atomic E-state index is 12.0. The zero-order chi connectivity index (χ0) is 14.5. The van der Waals surface area contributed by atoms with Crippen molar-refractivity contribution in [2.45, 2.75) is 37.5 Å². The lowest BCUT2D eigenvalue weighted by atomic mass is 10.1. The number of benzene rings is 1. The molecular formula is C12H19N3O3S. The topological polar surface area (TPSA) is 115 Å². The predicted molar refractivity (Wildman–Crippen MR) is 74.0 cm³/mol. The van der Waals surface area contributed by atoms with Crippen molar-refractivity contribution in [1.82, 2.24) is 4.72 Å². The van der Waals surface area contributed by atoms with Crippen LogP contribution in [0.25, 0.3) is 0 Å². The zero-order valence-corrected chi connectivity index (χ0v) is 11.7. The SMILES string of the molecule is CCCCCc1cc(N)ccc1S(=O)(=O)NC(N)=O. The lowest BCUT2D eigenvalue weighted by molar-refractivity contribution is 0.253. The Morgan fingerprint density at radius 2 is 2.00 bits per heavy atom. The minimum Gasteiger partial charge on any atom is -0.399 e. The average Bonchev–Trinajstić information content (AvgIpc) is 2.27. The monoisotopic (exact) mass is 285 g/mol. The van der Waals surface area contributed by atoms with Gasteiger partial charge in [-0.1, -0.05) is 19.8 Å². The number of hydrogen-bond donors (Lipinski definition) is 3. The van der Waals surface area contributed by atoms with Gasteiger partial charge in [-0.3, -0.25) is 0 Å². The minimum atomic E-state index is -3.92. The van der Waals surface area contributed by atoms with Crippen molar-refractivity contribution >= 4 is 21.7 Å². The molecule has 0 heterocycles. The molecule has 106 valence electrons. The second-order valence-electron chi connectivity index (χ2n) is 4.29. The summed E-state index contributed by atoms with van der Waals surface area (Å²) in [5.41, 5.74) is 11.6. The van der Waals surface area contributed by atoms with E-state index in [2.05, 4.69) is 6.92 Å². The van der Waals surface area contributed by atoms with Gasteiger partial charge in [0.1, 0.15) is 0 Å². The van der Waals surface area contributed by atoms with Crippen molar-refractivity contribution < 1.29 is 13.2 Å². The van der Waals surface area contributed by atoms with Crippen LogP contribution in [0.2, 0.25) is 0 Å². The number of sulfonamides is 1. The molecule has 0 aromatic heterocycles. The summed E-state index contributed by atoms with van der Waals surface area (Å²) < 4.78 is 25.7. The van der Waals surface area contributed by atoms with Crippen molar-refractivity contribution in [1.29, 1.82) is 0 Å². The molecule has 1 rings (SSSR count). The van der Waals surface area contributed by atoms with Crippen molar-refractivity contribution in [2.24, 2.45) is 5.73 Å². The fraction of sp³-hybridized carbons (Fsp3) is 0.417. The van der Waals surface area contributed by atoms with E-state index in [4.69, 9.17) is 11.5 Å². The molecule has 0 spiro atoms. The quantitative estimate of drug-likeness (QED) is 0.540. The number of hydrogen-bond acceptors (Lipinski definition) is 4. The molecule has 0 aliphatic heterocycles. The van der Waals surface area contributed by atoms with Crippen molar-refractivity contribution in [2.75, 3.05) is 5.73 Å². The van der Waals surface area contributed by atoms with Crippen LogP contribution in [-0.4, -0.2) is 14.4 Å². The number of amides is 2. The van der Waals surface area contributed by atoms with Gasteiger partial charge >= 0.3 is 6.03 Å². The largest absolute Gasteiger partial charge is 0.399 e. The molecule has 0 saturated heterocycles. The molecule has 1 aromatic carbocycles. The number of unbranched alkanes of at least 4 members (excludes halogenated alkanes) is 2. The first-order valence-electron chi connectivity index (χ1n) is 6.07. The summed E-state index contributed by atoms with van der Waals surface area (Å²) in [5, 5.41) is 0. The molecule has 1 aromatic rings. The molecule has 0 bridgehead atoms. The summed E-state index contributed by atoms with van der Waals surface area (Å²) in [4.78, 5) is 10.8. The molecule has 0 aliphatic rings. The summed E-state index contributed by atoms with van der Waals surface area (Å²) in [7, 11) is -3.92. The average molecular weight is 285 g/mol. The molecule has 0 fully saturated rings. The number of anilines is 1. The first-order chi connectivity index (χ1) is 8.86. The number of carbonyl (C=O) groups excluding carboxylic acids is 1. The Labute approximate surface area is 113 Å². The highest BCUT2D eigenvalue weighted by atomic mass is 32.2. The fourth-order valence-electron chi connectivity index (χ4n) is 1.81. The van der Waals surface area contributed by atoms with Crippen LogP contribution < -0.4 is 16.2 Å². The summed E-state index contributed by atoms with van der Waals surface area (Å²) in [6.07, 6.45) is 3.48. The van der Waals surface area contributed by atoms with Crippen LogP contribution in [0.3, 0.4) is 0 Å². The van der Waals surface area contributed by atoms with Crippen LogP contribution in [0.15, 0.2) is 23.1 Å². The molecule has 0 aliphatic carbocycles. The zero-order valence-electron chi connectivity index (χ0n) is 10.8. The first-order valence-corrected chi connectivity index (χ1v) is 7.55. The highest BCUT2D eigenvalue weighted by Gasteiger charge is 2.19. The number of urea groups is 1. The lowest BCUT2D eigenvalue weighted by Gasteiger charge is -2.11. The minimum absolute atomic E-state index is 0.0524. The molecule has 19 heavy (non-hydrogen) atoms. The van der Waals surface area contributed by atoms with Crippen molar-refractivity contribution in [3.05, 3.63) is 23.8 Å². The van der Waals surface area contributed by atoms with Gasteiger partial charge in [0.05, 0.1) is 4.90 Å². The van der Waals surface area contributed by atoms with Crippen LogP contribution in [-0.2, 0) is 16.4 Å². The summed E-state index contributed by atoms with van der Waals surface area (Å²) in [6, 6.07) is 3.39. The Morgan fingerprint density at radius 1 is 1.32 bits per heavy atom. The van der Waals surface area contributed by atoms with Crippen LogP contribution in [0.4, 0.5) is 10.5 Å². The van der Waals surface area contributed by atoms with Gasteiger partial charge in [0.25, 0.3) is 10.0 Å². The number of nitrogens with one attached hydrogen (secondary N) is 1. The Morgan fingerprint density at radius 3 is 2.58 bits per heavy atom. The third-order valence-corrected chi connectivity index (χ3v) is 4.11. The van der Waals surface area contributed by atoms with Gasteiger partial charge in [-0.25, -0.2) is 17.9 Å². The van der Waals surface area contributed by atoms with E-state index in [1.165, 1.54) is 12.1 Å². The highest BCUT2D eigenvalue weighted by Crippen LogP contribution is 2.21. The molecule has 7 heteroatoms. The van der Waals surface area contributed by atoms with E-state index in [-0.39, 0.29) is 4.90 Å². The number of primary amides is 1. The third kappa shape index (κ3) is 4.44. The van der Waals surface area contributed by atoms with E-state index in [1.54, 1.807) is 10.8 Å². The third-order valence-electron chi connectivity index (χ3n) is 2.66. The lowest BCUT2D eigenvalue weighted by Crippen LogP contribution is -2.35. The molecule has 0 saturated carbocycles. The maximum absolute atomic E-state index is 12.0. The van der Waals surface area contributed by atoms with Crippen LogP contribution >= 0.6 is 0 Å². The molecule has 0 atom stereocenters. The predicted octanol–water partition coefficient (Wildman–Crippen LogP) is 1.36. The smallest absolute Gasteiger partial charge is 0.326 e. The highest BCUT2D eigenvalue weighted by molar-refractivity contribution is 7.90. The van der Waals surface area contributed by atoms with E-state index < -0.39 is 16.1 Å². The fourth-order valence-corrected chi connectivity index (χ4v) is 2.94. The Hall–Kier alpha value is -1.76. The Kier molecular flexibility index (Phi) is 5.17.